The first kappa shape index (κ1) is 21.0. The quantitative estimate of drug-likeness (QED) is 0.475. The van der Waals surface area contributed by atoms with E-state index in [1.54, 1.807) is 0 Å². The van der Waals surface area contributed by atoms with Crippen LogP contribution < -0.4 is 24.6 Å². The van der Waals surface area contributed by atoms with Crippen LogP contribution in [-0.4, -0.2) is 57.6 Å². The van der Waals surface area contributed by atoms with Crippen LogP contribution in [0.1, 0.15) is 18.7 Å². The second kappa shape index (κ2) is 7.84. The van der Waals surface area contributed by atoms with Crippen molar-refractivity contribution in [3.05, 3.63) is 60.6 Å². The number of piperidine rings is 1. The van der Waals surface area contributed by atoms with Crippen molar-refractivity contribution in [2.45, 2.75) is 25.3 Å². The fraction of sp³-hybridized carbons (Fsp3) is 0.308. The number of ether oxygens (including phenoxy) is 2. The average molecular weight is 484 g/mol. The molecule has 5 heterocycles. The molecule has 0 atom stereocenters. The molecule has 10 heteroatoms. The van der Waals surface area contributed by atoms with E-state index in [9.17, 15) is 4.79 Å². The topological polar surface area (TPSA) is 97.1 Å². The van der Waals surface area contributed by atoms with Gasteiger partial charge in [0, 0.05) is 30.5 Å². The number of anilines is 2. The third-order valence-electron chi connectivity index (χ3n) is 7.51. The van der Waals surface area contributed by atoms with Crippen LogP contribution in [0.3, 0.4) is 0 Å². The summed E-state index contributed by atoms with van der Waals surface area (Å²) >= 11 is 0. The van der Waals surface area contributed by atoms with Gasteiger partial charge in [-0.25, -0.2) is 4.98 Å². The second-order valence-corrected chi connectivity index (χ2v) is 9.40. The highest BCUT2D eigenvalue weighted by Gasteiger charge is 2.50. The Labute approximate surface area is 207 Å². The molecule has 36 heavy (non-hydrogen) atoms. The maximum atomic E-state index is 13.1. The zero-order valence-electron chi connectivity index (χ0n) is 19.8. The molecule has 0 radical (unpaired) electrons. The van der Waals surface area contributed by atoms with Crippen molar-refractivity contribution in [2.24, 2.45) is 0 Å². The Morgan fingerprint density at radius 3 is 2.64 bits per heavy atom. The SMILES string of the molecule is Cc1nnc2c(N3CCC4(CC3)C(=O)NCN4c3ccccc3)nc(-c3ccc4c(c3)OCO4)cn12. The Morgan fingerprint density at radius 2 is 1.81 bits per heavy atom. The Morgan fingerprint density at radius 1 is 1.00 bits per heavy atom. The summed E-state index contributed by atoms with van der Waals surface area (Å²) in [6, 6.07) is 16.0. The van der Waals surface area contributed by atoms with E-state index in [-0.39, 0.29) is 12.7 Å². The standard InChI is InChI=1S/C26H25N7O3/c1-17-29-30-24-23(28-20(14-32(17)24)18-7-8-21-22(13-18)36-16-35-21)31-11-9-26(10-12-31)25(34)27-15-33(26)19-5-3-2-4-6-19/h2-8,13-14H,9-12,15-16H2,1H3,(H,27,34). The van der Waals surface area contributed by atoms with Crippen LogP contribution in [0.15, 0.2) is 54.7 Å². The van der Waals surface area contributed by atoms with Crippen molar-refractivity contribution in [2.75, 3.05) is 36.4 Å². The molecule has 3 aliphatic rings. The third-order valence-corrected chi connectivity index (χ3v) is 7.51. The number of nitrogens with zero attached hydrogens (tertiary/aromatic N) is 6. The fourth-order valence-corrected chi connectivity index (χ4v) is 5.52. The van der Waals surface area contributed by atoms with Crippen LogP contribution in [-0.2, 0) is 4.79 Å². The van der Waals surface area contributed by atoms with Gasteiger partial charge in [-0.3, -0.25) is 9.20 Å². The minimum atomic E-state index is -0.563. The van der Waals surface area contributed by atoms with Crippen molar-refractivity contribution in [3.63, 3.8) is 0 Å². The van der Waals surface area contributed by atoms with Crippen molar-refractivity contribution >= 4 is 23.1 Å². The minimum Gasteiger partial charge on any atom is -0.454 e. The first-order valence-corrected chi connectivity index (χ1v) is 12.1. The summed E-state index contributed by atoms with van der Waals surface area (Å²) in [4.78, 5) is 22.6. The predicted molar refractivity (Wildman–Crippen MR) is 133 cm³/mol. The number of nitrogens with one attached hydrogen (secondary N) is 1. The lowest BCUT2D eigenvalue weighted by Gasteiger charge is -2.43. The molecule has 2 aromatic carbocycles. The van der Waals surface area contributed by atoms with E-state index in [1.807, 2.05) is 53.9 Å². The molecule has 2 saturated heterocycles. The van der Waals surface area contributed by atoms with Gasteiger partial charge < -0.3 is 24.6 Å². The number of aryl methyl sites for hydroxylation is 1. The number of rotatable bonds is 3. The normalized spacial score (nSPS) is 18.3. The third kappa shape index (κ3) is 3.10. The summed E-state index contributed by atoms with van der Waals surface area (Å²) in [6.07, 6.45) is 3.32. The number of benzene rings is 2. The van der Waals surface area contributed by atoms with Crippen LogP contribution in [0.4, 0.5) is 11.5 Å². The van der Waals surface area contributed by atoms with Crippen LogP contribution in [0.5, 0.6) is 11.5 Å². The van der Waals surface area contributed by atoms with E-state index in [1.165, 1.54) is 0 Å². The first-order valence-electron chi connectivity index (χ1n) is 12.1. The Balaban J connectivity index is 1.24. The van der Waals surface area contributed by atoms with Gasteiger partial charge in [0.25, 0.3) is 0 Å². The molecule has 0 bridgehead atoms. The van der Waals surface area contributed by atoms with Gasteiger partial charge in [0.05, 0.1) is 12.4 Å². The molecule has 4 aromatic rings. The molecular formula is C26H25N7O3. The zero-order valence-corrected chi connectivity index (χ0v) is 19.8. The van der Waals surface area contributed by atoms with E-state index in [2.05, 4.69) is 37.4 Å². The monoisotopic (exact) mass is 483 g/mol. The van der Waals surface area contributed by atoms with E-state index < -0.39 is 5.54 Å². The minimum absolute atomic E-state index is 0.0940. The number of amides is 1. The van der Waals surface area contributed by atoms with Crippen LogP contribution in [0.2, 0.25) is 0 Å². The van der Waals surface area contributed by atoms with E-state index in [0.717, 1.165) is 34.3 Å². The Kier molecular flexibility index (Phi) is 4.57. The predicted octanol–water partition coefficient (Wildman–Crippen LogP) is 2.76. The lowest BCUT2D eigenvalue weighted by molar-refractivity contribution is -0.124. The summed E-state index contributed by atoms with van der Waals surface area (Å²) in [7, 11) is 0. The van der Waals surface area contributed by atoms with Gasteiger partial charge in [-0.2, -0.15) is 0 Å². The van der Waals surface area contributed by atoms with Crippen LogP contribution >= 0.6 is 0 Å². The largest absolute Gasteiger partial charge is 0.454 e. The summed E-state index contributed by atoms with van der Waals surface area (Å²) in [5.41, 5.74) is 2.93. The van der Waals surface area contributed by atoms with Gasteiger partial charge in [-0.1, -0.05) is 18.2 Å². The van der Waals surface area contributed by atoms with E-state index in [4.69, 9.17) is 14.5 Å². The molecule has 1 spiro atoms. The first-order chi connectivity index (χ1) is 17.6. The smallest absolute Gasteiger partial charge is 0.247 e. The molecule has 10 nitrogen and oxygen atoms in total. The van der Waals surface area contributed by atoms with Gasteiger partial charge >= 0.3 is 0 Å². The van der Waals surface area contributed by atoms with Crippen LogP contribution in [0.25, 0.3) is 16.9 Å². The number of hydrogen-bond acceptors (Lipinski definition) is 8. The molecule has 0 saturated carbocycles. The molecule has 1 N–H and O–H groups in total. The molecule has 3 aliphatic heterocycles. The van der Waals surface area contributed by atoms with Crippen molar-refractivity contribution < 1.29 is 14.3 Å². The van der Waals surface area contributed by atoms with Gasteiger partial charge in [-0.15, -0.1) is 10.2 Å². The van der Waals surface area contributed by atoms with Crippen molar-refractivity contribution in [3.8, 4) is 22.8 Å². The second-order valence-electron chi connectivity index (χ2n) is 9.40. The van der Waals surface area contributed by atoms with Crippen LogP contribution in [0, 0.1) is 6.92 Å². The zero-order chi connectivity index (χ0) is 24.3. The van der Waals surface area contributed by atoms with Crippen molar-refractivity contribution in [1.82, 2.24) is 24.9 Å². The number of hydrogen-bond donors (Lipinski definition) is 1. The van der Waals surface area contributed by atoms with Crippen molar-refractivity contribution in [1.29, 1.82) is 0 Å². The van der Waals surface area contributed by atoms with Gasteiger partial charge in [0.15, 0.2) is 17.3 Å². The highest BCUT2D eigenvalue weighted by atomic mass is 16.7. The molecule has 7 rings (SSSR count). The summed E-state index contributed by atoms with van der Waals surface area (Å²) in [6.45, 7) is 4.03. The van der Waals surface area contributed by atoms with Gasteiger partial charge in [-0.05, 0) is 50.1 Å². The maximum Gasteiger partial charge on any atom is 0.247 e. The summed E-state index contributed by atoms with van der Waals surface area (Å²) in [5, 5.41) is 11.8. The number of aromatic nitrogens is 4. The molecule has 0 aliphatic carbocycles. The lowest BCUT2D eigenvalue weighted by Crippen LogP contribution is -2.56. The van der Waals surface area contributed by atoms with Gasteiger partial charge in [0.2, 0.25) is 18.3 Å². The number of carbonyl (C=O) groups is 1. The average Bonchev–Trinajstić information content (AvgIpc) is 3.62. The molecule has 1 amide bonds. The number of para-hydroxylation sites is 1. The summed E-state index contributed by atoms with van der Waals surface area (Å²) in [5.74, 6) is 3.10. The number of fused-ring (bicyclic) bond motifs is 2. The van der Waals surface area contributed by atoms with E-state index in [0.29, 0.717) is 44.0 Å². The molecule has 182 valence electrons. The lowest BCUT2D eigenvalue weighted by atomic mass is 9.85. The fourth-order valence-electron chi connectivity index (χ4n) is 5.52. The Bertz CT molecular complexity index is 1480. The molecule has 0 unspecified atom stereocenters. The maximum absolute atomic E-state index is 13.1. The van der Waals surface area contributed by atoms with Gasteiger partial charge in [0.1, 0.15) is 11.4 Å². The number of carbonyl (C=O) groups excluding carboxylic acids is 1. The molecule has 2 aromatic heterocycles. The van der Waals surface area contributed by atoms with E-state index >= 15 is 0 Å². The summed E-state index contributed by atoms with van der Waals surface area (Å²) < 4.78 is 13.0. The highest BCUT2D eigenvalue weighted by molar-refractivity contribution is 5.93. The Hall–Kier alpha value is -4.34. The molecular weight excluding hydrogens is 458 g/mol. The molecule has 2 fully saturated rings. The highest BCUT2D eigenvalue weighted by Crippen LogP contribution is 2.39.